The van der Waals surface area contributed by atoms with Crippen molar-refractivity contribution in [1.82, 2.24) is 0 Å². The Bertz CT molecular complexity index is 450. The van der Waals surface area contributed by atoms with Crippen LogP contribution in [0.5, 0.6) is 11.5 Å². The molecule has 2 aliphatic rings. The van der Waals surface area contributed by atoms with Crippen molar-refractivity contribution in [2.24, 2.45) is 0 Å². The maximum Gasteiger partial charge on any atom is 0.251 e. The lowest BCUT2D eigenvalue weighted by Crippen LogP contribution is -2.34. The summed E-state index contributed by atoms with van der Waals surface area (Å²) in [7, 11) is 0. The first-order valence-corrected chi connectivity index (χ1v) is 5.77. The second-order valence-electron chi connectivity index (χ2n) is 4.26. The fourth-order valence-corrected chi connectivity index (χ4v) is 2.54. The molecule has 3 nitrogen and oxygen atoms in total. The molecule has 1 spiro atoms. The highest BCUT2D eigenvalue weighted by Crippen LogP contribution is 2.47. The molecule has 0 unspecified atom stereocenters. The van der Waals surface area contributed by atoms with Gasteiger partial charge in [-0.2, -0.15) is 0 Å². The van der Waals surface area contributed by atoms with E-state index in [-0.39, 0.29) is 0 Å². The summed E-state index contributed by atoms with van der Waals surface area (Å²) < 4.78 is 11.6. The van der Waals surface area contributed by atoms with Gasteiger partial charge in [0.2, 0.25) is 0 Å². The molecule has 1 aliphatic heterocycles. The van der Waals surface area contributed by atoms with Gasteiger partial charge in [0.05, 0.1) is 5.02 Å². The number of benzene rings is 1. The maximum atomic E-state index is 10.8. The summed E-state index contributed by atoms with van der Waals surface area (Å²) in [6, 6.07) is 3.31. The van der Waals surface area contributed by atoms with E-state index >= 15 is 0 Å². The van der Waals surface area contributed by atoms with Crippen molar-refractivity contribution in [2.45, 2.75) is 31.5 Å². The monoisotopic (exact) mass is 238 g/mol. The van der Waals surface area contributed by atoms with Crippen molar-refractivity contribution in [3.05, 3.63) is 22.7 Å². The zero-order chi connectivity index (χ0) is 11.2. The number of carbonyl (C=O) groups is 1. The molecule has 3 rings (SSSR count). The molecule has 4 heteroatoms. The first-order chi connectivity index (χ1) is 7.72. The predicted octanol–water partition coefficient (Wildman–Crippen LogP) is 3.19. The third-order valence-electron chi connectivity index (χ3n) is 3.15. The highest BCUT2D eigenvalue weighted by molar-refractivity contribution is 6.33. The Morgan fingerprint density at radius 1 is 1.19 bits per heavy atom. The molecule has 0 radical (unpaired) electrons. The first kappa shape index (κ1) is 9.97. The quantitative estimate of drug-likeness (QED) is 0.705. The van der Waals surface area contributed by atoms with E-state index in [9.17, 15) is 4.79 Å². The predicted molar refractivity (Wildman–Crippen MR) is 59.3 cm³/mol. The number of carbonyl (C=O) groups excluding carboxylic acids is 1. The fraction of sp³-hybridized carbons (Fsp3) is 0.417. The molecule has 84 valence electrons. The van der Waals surface area contributed by atoms with Crippen LogP contribution in [0.1, 0.15) is 36.0 Å². The van der Waals surface area contributed by atoms with Crippen LogP contribution in [-0.4, -0.2) is 12.1 Å². The summed E-state index contributed by atoms with van der Waals surface area (Å²) >= 11 is 5.94. The molecule has 0 N–H and O–H groups in total. The van der Waals surface area contributed by atoms with Gasteiger partial charge in [-0.1, -0.05) is 11.6 Å². The molecule has 1 aromatic carbocycles. The first-order valence-electron chi connectivity index (χ1n) is 5.39. The Balaban J connectivity index is 2.00. The number of rotatable bonds is 1. The third kappa shape index (κ3) is 1.39. The van der Waals surface area contributed by atoms with Crippen LogP contribution in [-0.2, 0) is 0 Å². The van der Waals surface area contributed by atoms with Crippen LogP contribution in [0.25, 0.3) is 0 Å². The van der Waals surface area contributed by atoms with Crippen LogP contribution in [0, 0.1) is 0 Å². The number of hydrogen-bond donors (Lipinski definition) is 0. The Morgan fingerprint density at radius 2 is 1.81 bits per heavy atom. The number of hydrogen-bond acceptors (Lipinski definition) is 3. The lowest BCUT2D eigenvalue weighted by molar-refractivity contribution is -0.0716. The highest BCUT2D eigenvalue weighted by Gasteiger charge is 2.44. The molecule has 16 heavy (non-hydrogen) atoms. The average molecular weight is 239 g/mol. The van der Waals surface area contributed by atoms with Gasteiger partial charge in [0.1, 0.15) is 0 Å². The molecule has 1 fully saturated rings. The van der Waals surface area contributed by atoms with Gasteiger partial charge in [0, 0.05) is 24.5 Å². The summed E-state index contributed by atoms with van der Waals surface area (Å²) in [5.41, 5.74) is 0.444. The van der Waals surface area contributed by atoms with Crippen LogP contribution in [0.2, 0.25) is 5.02 Å². The van der Waals surface area contributed by atoms with Crippen molar-refractivity contribution in [1.29, 1.82) is 0 Å². The molecule has 0 aromatic heterocycles. The number of aldehydes is 1. The number of halogens is 1. The normalized spacial score (nSPS) is 20.3. The SMILES string of the molecule is O=Cc1cc2c(cc1Cl)OC1(CCCC1)O2. The minimum absolute atomic E-state index is 0.410. The van der Waals surface area contributed by atoms with Crippen molar-refractivity contribution in [3.8, 4) is 11.5 Å². The molecule has 0 saturated heterocycles. The minimum atomic E-state index is -0.493. The lowest BCUT2D eigenvalue weighted by atomic mass is 10.2. The van der Waals surface area contributed by atoms with Gasteiger partial charge in [-0.3, -0.25) is 4.79 Å². The summed E-state index contributed by atoms with van der Waals surface area (Å²) in [5, 5.41) is 0.410. The van der Waals surface area contributed by atoms with Crippen LogP contribution in [0.4, 0.5) is 0 Å². The van der Waals surface area contributed by atoms with Crippen molar-refractivity contribution in [3.63, 3.8) is 0 Å². The van der Waals surface area contributed by atoms with Gasteiger partial charge in [0.25, 0.3) is 5.79 Å². The Labute approximate surface area is 98.3 Å². The molecule has 1 heterocycles. The highest BCUT2D eigenvalue weighted by atomic mass is 35.5. The van der Waals surface area contributed by atoms with Gasteiger partial charge in [-0.05, 0) is 18.9 Å². The van der Waals surface area contributed by atoms with Crippen molar-refractivity contribution < 1.29 is 14.3 Å². The molecule has 0 amide bonds. The largest absolute Gasteiger partial charge is 0.448 e. The molecule has 0 bridgehead atoms. The zero-order valence-corrected chi connectivity index (χ0v) is 9.42. The van der Waals surface area contributed by atoms with E-state index in [1.807, 2.05) is 0 Å². The van der Waals surface area contributed by atoms with Crippen molar-refractivity contribution >= 4 is 17.9 Å². The third-order valence-corrected chi connectivity index (χ3v) is 3.47. The molecule has 1 aliphatic carbocycles. The van der Waals surface area contributed by atoms with Crippen LogP contribution >= 0.6 is 11.6 Å². The van der Waals surface area contributed by atoms with E-state index in [1.54, 1.807) is 12.1 Å². The van der Waals surface area contributed by atoms with Gasteiger partial charge < -0.3 is 9.47 Å². The summed E-state index contributed by atoms with van der Waals surface area (Å²) in [6.07, 6.45) is 4.75. The van der Waals surface area contributed by atoms with E-state index in [0.717, 1.165) is 32.0 Å². The van der Waals surface area contributed by atoms with E-state index in [2.05, 4.69) is 0 Å². The molecular formula is C12H11ClO3. The average Bonchev–Trinajstić information content (AvgIpc) is 2.84. The van der Waals surface area contributed by atoms with Crippen molar-refractivity contribution in [2.75, 3.05) is 0 Å². The fourth-order valence-electron chi connectivity index (χ4n) is 2.34. The smallest absolute Gasteiger partial charge is 0.251 e. The Hall–Kier alpha value is -1.22. The Morgan fingerprint density at radius 3 is 2.44 bits per heavy atom. The maximum absolute atomic E-state index is 10.8. The molecule has 1 saturated carbocycles. The summed E-state index contributed by atoms with van der Waals surface area (Å²) in [4.78, 5) is 10.8. The molecule has 1 aromatic rings. The van der Waals surface area contributed by atoms with Crippen LogP contribution in [0.15, 0.2) is 12.1 Å². The van der Waals surface area contributed by atoms with E-state index in [1.165, 1.54) is 0 Å². The minimum Gasteiger partial charge on any atom is -0.448 e. The van der Waals surface area contributed by atoms with E-state index in [4.69, 9.17) is 21.1 Å². The van der Waals surface area contributed by atoms with Crippen LogP contribution in [0.3, 0.4) is 0 Å². The van der Waals surface area contributed by atoms with Gasteiger partial charge in [-0.25, -0.2) is 0 Å². The van der Waals surface area contributed by atoms with Gasteiger partial charge in [-0.15, -0.1) is 0 Å². The standard InChI is InChI=1S/C12H11ClO3/c13-9-6-11-10(5-8(9)7-14)15-12(16-11)3-1-2-4-12/h5-7H,1-4H2. The number of fused-ring (bicyclic) bond motifs is 1. The topological polar surface area (TPSA) is 35.5 Å². The van der Waals surface area contributed by atoms with Gasteiger partial charge in [0.15, 0.2) is 17.8 Å². The Kier molecular flexibility index (Phi) is 2.11. The van der Waals surface area contributed by atoms with E-state index < -0.39 is 5.79 Å². The second-order valence-corrected chi connectivity index (χ2v) is 4.67. The number of ether oxygens (including phenoxy) is 2. The van der Waals surface area contributed by atoms with E-state index in [0.29, 0.717) is 22.1 Å². The summed E-state index contributed by atoms with van der Waals surface area (Å²) in [5.74, 6) is 0.790. The lowest BCUT2D eigenvalue weighted by Gasteiger charge is -2.21. The van der Waals surface area contributed by atoms with Gasteiger partial charge >= 0.3 is 0 Å². The summed E-state index contributed by atoms with van der Waals surface area (Å²) in [6.45, 7) is 0. The molecule has 0 atom stereocenters. The molecular weight excluding hydrogens is 228 g/mol. The zero-order valence-electron chi connectivity index (χ0n) is 8.66. The second kappa shape index (κ2) is 3.39. The van der Waals surface area contributed by atoms with Crippen LogP contribution < -0.4 is 9.47 Å².